The van der Waals surface area contributed by atoms with Crippen LogP contribution in [0, 0.1) is 18.3 Å². The van der Waals surface area contributed by atoms with E-state index in [9.17, 15) is 13.7 Å². The predicted octanol–water partition coefficient (Wildman–Crippen LogP) is 2.69. The maximum absolute atomic E-state index is 13.2. The summed E-state index contributed by atoms with van der Waals surface area (Å²) in [6.45, 7) is 4.67. The van der Waals surface area contributed by atoms with Crippen molar-refractivity contribution in [2.24, 2.45) is 0 Å². The Kier molecular flexibility index (Phi) is 5.47. The van der Waals surface area contributed by atoms with Gasteiger partial charge in [-0.05, 0) is 26.1 Å². The van der Waals surface area contributed by atoms with Crippen molar-refractivity contribution in [1.29, 1.82) is 5.26 Å². The predicted molar refractivity (Wildman–Crippen MR) is 115 cm³/mol. The summed E-state index contributed by atoms with van der Waals surface area (Å²) in [4.78, 5) is 8.42. The normalized spacial score (nSPS) is 15.1. The second-order valence-electron chi connectivity index (χ2n) is 7.41. The molecule has 0 unspecified atom stereocenters. The molecule has 31 heavy (non-hydrogen) atoms. The van der Waals surface area contributed by atoms with Crippen molar-refractivity contribution in [3.63, 3.8) is 0 Å². The topological polar surface area (TPSA) is 107 Å². The zero-order chi connectivity index (χ0) is 22.2. The molecule has 0 spiro atoms. The van der Waals surface area contributed by atoms with Crippen molar-refractivity contribution in [3.8, 4) is 17.7 Å². The van der Waals surface area contributed by atoms with Gasteiger partial charge in [0.1, 0.15) is 16.7 Å². The second-order valence-corrected chi connectivity index (χ2v) is 9.35. The number of hydrogen-bond donors (Lipinski definition) is 0. The number of likely N-dealkylation sites (N-methyl/N-ethyl adjacent to an activating group) is 1. The molecular formula is C21H23N5O4S. The second kappa shape index (κ2) is 8.09. The number of oxazole rings is 1. The van der Waals surface area contributed by atoms with Crippen molar-refractivity contribution in [3.05, 3.63) is 47.9 Å². The summed E-state index contributed by atoms with van der Waals surface area (Å²) >= 11 is 0. The number of benzene rings is 1. The van der Waals surface area contributed by atoms with Gasteiger partial charge in [0.05, 0.1) is 5.69 Å². The number of sulfonamides is 1. The fourth-order valence-corrected chi connectivity index (χ4v) is 4.82. The number of piperazine rings is 1. The molecule has 162 valence electrons. The van der Waals surface area contributed by atoms with E-state index in [2.05, 4.69) is 16.0 Å². The number of hydrogen-bond acceptors (Lipinski definition) is 8. The number of nitrogens with zero attached hydrogens (tertiary/aromatic N) is 5. The lowest BCUT2D eigenvalue weighted by Gasteiger charge is -2.31. The minimum Gasteiger partial charge on any atom is -0.455 e. The number of para-hydroxylation sites is 1. The Morgan fingerprint density at radius 2 is 1.81 bits per heavy atom. The summed E-state index contributed by atoms with van der Waals surface area (Å²) in [6, 6.07) is 12.2. The zero-order valence-electron chi connectivity index (χ0n) is 17.6. The molecule has 1 aliphatic heterocycles. The van der Waals surface area contributed by atoms with Crippen LogP contribution >= 0.6 is 0 Å². The van der Waals surface area contributed by atoms with Crippen LogP contribution in [0.2, 0.25) is 0 Å². The minimum atomic E-state index is -3.86. The molecule has 4 rings (SSSR count). The molecule has 0 aliphatic carbocycles. The third-order valence-electron chi connectivity index (χ3n) is 5.35. The lowest BCUT2D eigenvalue weighted by molar-refractivity contribution is 0.306. The van der Waals surface area contributed by atoms with Crippen LogP contribution in [0.4, 0.5) is 11.6 Å². The number of furan rings is 1. The van der Waals surface area contributed by atoms with Crippen LogP contribution in [0.3, 0.4) is 0 Å². The molecule has 0 bridgehead atoms. The molecule has 1 aromatic carbocycles. The Balaban J connectivity index is 1.67. The highest BCUT2D eigenvalue weighted by molar-refractivity contribution is 7.92. The number of nitriles is 1. The first-order valence-corrected chi connectivity index (χ1v) is 11.2. The van der Waals surface area contributed by atoms with Crippen molar-refractivity contribution in [1.82, 2.24) is 9.88 Å². The van der Waals surface area contributed by atoms with Gasteiger partial charge < -0.3 is 18.6 Å². The summed E-state index contributed by atoms with van der Waals surface area (Å²) < 4.78 is 39.1. The molecule has 9 nitrogen and oxygen atoms in total. The van der Waals surface area contributed by atoms with Crippen LogP contribution in [-0.2, 0) is 10.0 Å². The maximum atomic E-state index is 13.2. The van der Waals surface area contributed by atoms with E-state index in [0.717, 1.165) is 13.1 Å². The molecule has 0 saturated carbocycles. The Hall–Kier alpha value is -3.29. The first-order valence-electron chi connectivity index (χ1n) is 9.80. The van der Waals surface area contributed by atoms with E-state index in [1.165, 1.54) is 17.4 Å². The summed E-state index contributed by atoms with van der Waals surface area (Å²) in [5.41, 5.74) is 0.685. The van der Waals surface area contributed by atoms with E-state index >= 15 is 0 Å². The van der Waals surface area contributed by atoms with E-state index in [4.69, 9.17) is 8.83 Å². The van der Waals surface area contributed by atoms with Crippen molar-refractivity contribution >= 4 is 21.6 Å². The molecule has 2 aromatic heterocycles. The van der Waals surface area contributed by atoms with Crippen molar-refractivity contribution in [2.45, 2.75) is 11.8 Å². The molecule has 0 radical (unpaired) electrons. The van der Waals surface area contributed by atoms with Gasteiger partial charge in [0.25, 0.3) is 15.9 Å². The average Bonchev–Trinajstić information content (AvgIpc) is 3.38. The summed E-state index contributed by atoms with van der Waals surface area (Å²) in [5.74, 6) is 0.841. The van der Waals surface area contributed by atoms with Gasteiger partial charge >= 0.3 is 0 Å². The average molecular weight is 442 g/mol. The van der Waals surface area contributed by atoms with Gasteiger partial charge in [-0.3, -0.25) is 4.31 Å². The van der Waals surface area contributed by atoms with E-state index in [-0.39, 0.29) is 28.0 Å². The third kappa shape index (κ3) is 3.89. The van der Waals surface area contributed by atoms with Crippen LogP contribution in [0.25, 0.3) is 11.7 Å². The molecule has 10 heteroatoms. The number of anilines is 2. The number of aryl methyl sites for hydroxylation is 1. The molecule has 0 atom stereocenters. The lowest BCUT2D eigenvalue weighted by Crippen LogP contribution is -2.44. The Morgan fingerprint density at radius 1 is 1.13 bits per heavy atom. The molecule has 1 saturated heterocycles. The number of rotatable bonds is 5. The lowest BCUT2D eigenvalue weighted by atomic mass is 10.3. The van der Waals surface area contributed by atoms with Gasteiger partial charge in [0, 0.05) is 39.3 Å². The van der Waals surface area contributed by atoms with Crippen LogP contribution in [0.1, 0.15) is 11.5 Å². The molecular weight excluding hydrogens is 418 g/mol. The third-order valence-corrected chi connectivity index (χ3v) is 7.24. The molecule has 3 heterocycles. The molecule has 0 amide bonds. The Labute approximate surface area is 181 Å². The fourth-order valence-electron chi connectivity index (χ4n) is 3.47. The van der Waals surface area contributed by atoms with Crippen molar-refractivity contribution < 1.29 is 17.3 Å². The highest BCUT2D eigenvalue weighted by Gasteiger charge is 2.30. The van der Waals surface area contributed by atoms with Crippen LogP contribution in [-0.4, -0.2) is 58.6 Å². The smallest absolute Gasteiger partial charge is 0.267 e. The van der Waals surface area contributed by atoms with Gasteiger partial charge in [-0.15, -0.1) is 0 Å². The van der Waals surface area contributed by atoms with E-state index in [0.29, 0.717) is 24.7 Å². The van der Waals surface area contributed by atoms with Crippen molar-refractivity contribution in [2.75, 3.05) is 49.5 Å². The highest BCUT2D eigenvalue weighted by atomic mass is 32.2. The largest absolute Gasteiger partial charge is 0.455 e. The van der Waals surface area contributed by atoms with E-state index in [1.807, 2.05) is 18.0 Å². The Bertz CT molecular complexity index is 1220. The van der Waals surface area contributed by atoms with Crippen LogP contribution in [0.5, 0.6) is 0 Å². The summed E-state index contributed by atoms with van der Waals surface area (Å²) in [5, 5.41) is 9.51. The fraction of sp³-hybridized carbons (Fsp3) is 0.333. The van der Waals surface area contributed by atoms with Gasteiger partial charge in [-0.1, -0.05) is 18.2 Å². The van der Waals surface area contributed by atoms with E-state index in [1.54, 1.807) is 31.2 Å². The standard InChI is InChI=1S/C21H23N5O4S/c1-15-19(31(27,28)25(3)16-7-5-4-6-8-16)13-18(29-15)20-23-17(14-22)21(30-20)26-11-9-24(2)10-12-26/h4-8,13H,9-12H2,1-3H3. The minimum absolute atomic E-state index is 0.0201. The van der Waals surface area contributed by atoms with Crippen LogP contribution in [0.15, 0.2) is 50.1 Å². The summed E-state index contributed by atoms with van der Waals surface area (Å²) in [6.07, 6.45) is 0. The quantitative estimate of drug-likeness (QED) is 0.595. The molecule has 0 N–H and O–H groups in total. The monoisotopic (exact) mass is 441 g/mol. The first-order chi connectivity index (χ1) is 14.8. The number of aromatic nitrogens is 1. The van der Waals surface area contributed by atoms with Gasteiger partial charge in [-0.2, -0.15) is 10.2 Å². The summed E-state index contributed by atoms with van der Waals surface area (Å²) in [7, 11) is -0.333. The molecule has 3 aromatic rings. The van der Waals surface area contributed by atoms with Gasteiger partial charge in [0.2, 0.25) is 11.6 Å². The SMILES string of the molecule is Cc1oc(-c2nc(C#N)c(N3CCN(C)CC3)o2)cc1S(=O)(=O)N(C)c1ccccc1. The zero-order valence-corrected chi connectivity index (χ0v) is 18.4. The molecule has 1 aliphatic rings. The van der Waals surface area contributed by atoms with Crippen LogP contribution < -0.4 is 9.21 Å². The van der Waals surface area contributed by atoms with Gasteiger partial charge in [0.15, 0.2) is 5.76 Å². The highest BCUT2D eigenvalue weighted by Crippen LogP contribution is 2.34. The maximum Gasteiger partial charge on any atom is 0.267 e. The van der Waals surface area contributed by atoms with E-state index < -0.39 is 10.0 Å². The first kappa shape index (κ1) is 21.0. The van der Waals surface area contributed by atoms with Gasteiger partial charge in [-0.25, -0.2) is 8.42 Å². The molecule has 1 fully saturated rings. The Morgan fingerprint density at radius 3 is 2.45 bits per heavy atom.